The summed E-state index contributed by atoms with van der Waals surface area (Å²) < 4.78 is 343. The van der Waals surface area contributed by atoms with E-state index in [1.165, 1.54) is 32.3 Å². The molecule has 0 atom stereocenters. The molecule has 0 unspecified atom stereocenters. The van der Waals surface area contributed by atoms with Crippen molar-refractivity contribution in [1.29, 1.82) is 0 Å². The second-order valence-corrected chi connectivity index (χ2v) is 21.8. The predicted molar refractivity (Wildman–Crippen MR) is 303 cm³/mol. The summed E-state index contributed by atoms with van der Waals surface area (Å²) in [7, 11) is 0. The minimum absolute atomic E-state index is 0.0946. The highest BCUT2D eigenvalue weighted by Gasteiger charge is 2.47. The zero-order valence-corrected chi connectivity index (χ0v) is 46.8. The predicted octanol–water partition coefficient (Wildman–Crippen LogP) is 19.4. The maximum absolute atomic E-state index is 14.2. The van der Waals surface area contributed by atoms with Crippen LogP contribution in [-0.4, -0.2) is 11.9 Å². The molecule has 1 heterocycles. The van der Waals surface area contributed by atoms with Gasteiger partial charge < -0.3 is 0 Å². The van der Waals surface area contributed by atoms with Crippen molar-refractivity contribution in [1.82, 2.24) is 0 Å². The number of halogens is 24. The summed E-state index contributed by atoms with van der Waals surface area (Å²) >= 11 is 0. The van der Waals surface area contributed by atoms with Crippen molar-refractivity contribution in [2.45, 2.75) is 56.0 Å². The van der Waals surface area contributed by atoms with Crippen molar-refractivity contribution in [3.8, 4) is 11.3 Å². The lowest BCUT2D eigenvalue weighted by atomic mass is 9.12. The van der Waals surface area contributed by atoms with Crippen LogP contribution in [0.25, 0.3) is 54.3 Å². The topological polar surface area (TPSA) is 20.9 Å². The van der Waals surface area contributed by atoms with Crippen LogP contribution in [0, 0.1) is 0 Å². The number of fused-ring (bicyclic) bond motifs is 4. The fourth-order valence-corrected chi connectivity index (χ4v) is 11.6. The highest BCUT2D eigenvalue weighted by Crippen LogP contribution is 2.44. The number of pyridine rings is 1. The number of carbonyl (C=O) groups is 1. The van der Waals surface area contributed by atoms with Gasteiger partial charge in [-0.3, -0.25) is 4.79 Å². The summed E-state index contributed by atoms with van der Waals surface area (Å²) in [6.07, 6.45) is -52.7. The molecule has 11 aromatic rings. The molecule has 486 valence electrons. The Morgan fingerprint density at radius 1 is 0.287 bits per heavy atom. The molecule has 1 aromatic heterocycles. The van der Waals surface area contributed by atoms with Gasteiger partial charge >= 0.3 is 49.4 Å². The lowest BCUT2D eigenvalue weighted by Crippen LogP contribution is -2.75. The van der Waals surface area contributed by atoms with E-state index >= 15 is 0 Å². The lowest BCUT2D eigenvalue weighted by molar-refractivity contribution is -0.671. The Morgan fingerprint density at radius 3 is 0.947 bits per heavy atom. The lowest BCUT2D eigenvalue weighted by Gasteiger charge is -2.46. The van der Waals surface area contributed by atoms with Gasteiger partial charge in [0.05, 0.1) is 55.5 Å². The number of Topliss-reactive ketones (excluding diaryl/α,β-unsaturated/α-hetero) is 1. The summed E-state index contributed by atoms with van der Waals surface area (Å²) in [5.74, 6) is 0.0946. The van der Waals surface area contributed by atoms with E-state index in [9.17, 15) is 110 Å². The second-order valence-electron chi connectivity index (χ2n) is 21.8. The Bertz CT molecular complexity index is 4280. The third kappa shape index (κ3) is 13.6. The van der Waals surface area contributed by atoms with Crippen LogP contribution in [0.2, 0.25) is 0 Å². The molecule has 0 aliphatic rings. The summed E-state index contributed by atoms with van der Waals surface area (Å²) in [5, 5.41) is 9.48. The molecule has 0 fully saturated rings. The van der Waals surface area contributed by atoms with Crippen molar-refractivity contribution in [3.05, 3.63) is 256 Å². The molecule has 0 saturated heterocycles. The summed E-state index contributed by atoms with van der Waals surface area (Å²) in [4.78, 5) is 13.4. The Kier molecular flexibility index (Phi) is 17.0. The maximum atomic E-state index is 14.2. The van der Waals surface area contributed by atoms with Crippen molar-refractivity contribution in [3.63, 3.8) is 0 Å². The van der Waals surface area contributed by atoms with E-state index in [-0.39, 0.29) is 12.3 Å². The molecule has 94 heavy (non-hydrogen) atoms. The average molecular weight is 1340 g/mol. The summed E-state index contributed by atoms with van der Waals surface area (Å²) in [5.41, 5.74) is -27.2. The molecule has 27 heteroatoms. The summed E-state index contributed by atoms with van der Waals surface area (Å²) in [6, 6.07) is 35.3. The van der Waals surface area contributed by atoms with Crippen LogP contribution in [0.5, 0.6) is 0 Å². The van der Waals surface area contributed by atoms with Crippen LogP contribution in [0.4, 0.5) is 105 Å². The maximum Gasteiger partial charge on any atom is 0.416 e. The normalized spacial score (nSPS) is 13.2. The van der Waals surface area contributed by atoms with E-state index < -0.39 is 195 Å². The number of carbonyl (C=O) groups excluding carboxylic acids is 1. The highest BCUT2D eigenvalue weighted by atomic mass is 19.4. The standard InChI is InChI=1S/C35H24NO.C32H12BF24/c37-33(25-11-2-1-3-12-25)23-36-19-18-24-10-6-9-17-31(24)35(36)34-30-16-8-7-15-28(30)21-29-20-26-13-4-5-14-27(26)22-32(29)34;34-25(35,36)13-1-14(26(37,38)39)6-21(5-13)33(22-7-15(27(40,41)42)2-16(8-22)28(43,44)45,23-9-17(29(46,47)48)3-18(10-23)30(49,50)51)24-11-19(31(52,53)54)4-20(12-24)32(55,56)57/h1-22H,23H2;1-12H/q+1;-1. The average Bonchev–Trinajstić information content (AvgIpc) is 0.714. The molecule has 2 nitrogen and oxygen atoms in total. The smallest absolute Gasteiger partial charge is 0.287 e. The van der Waals surface area contributed by atoms with Gasteiger partial charge in [-0.15, -0.1) is 0 Å². The van der Waals surface area contributed by atoms with Gasteiger partial charge in [0.15, 0.2) is 6.20 Å². The first-order valence-electron chi connectivity index (χ1n) is 27.2. The monoisotopic (exact) mass is 1340 g/mol. The highest BCUT2D eigenvalue weighted by molar-refractivity contribution is 7.20. The zero-order chi connectivity index (χ0) is 68.7. The minimum atomic E-state index is -6.13. The van der Waals surface area contributed by atoms with Crippen LogP contribution in [-0.2, 0) is 56.0 Å². The van der Waals surface area contributed by atoms with Gasteiger partial charge in [0.2, 0.25) is 18.0 Å². The van der Waals surface area contributed by atoms with Crippen LogP contribution in [0.3, 0.4) is 0 Å². The molecule has 0 aliphatic carbocycles. The Balaban J connectivity index is 0.000000222. The van der Waals surface area contributed by atoms with Gasteiger partial charge in [-0.05, 0) is 86.2 Å². The van der Waals surface area contributed by atoms with Gasteiger partial charge in [-0.1, -0.05) is 146 Å². The SMILES string of the molecule is FC(F)(F)c1cc([B-](c2cc(C(F)(F)F)cc(C(F)(F)F)c2)(c2cc(C(F)(F)F)cc(C(F)(F)F)c2)c2cc(C(F)(F)F)cc(C(F)(F)F)c2)cc(C(F)(F)F)c1.O=C(C[n+]1ccc2ccccc2c1-c1c2ccccc2cc2cc3ccccc3cc12)c1ccccc1. The number of alkyl halides is 24. The molecule has 0 radical (unpaired) electrons. The first-order chi connectivity index (χ1) is 43.5. The summed E-state index contributed by atoms with van der Waals surface area (Å²) in [6.45, 7) is 0.266. The second kappa shape index (κ2) is 23.8. The van der Waals surface area contributed by atoms with Gasteiger partial charge in [-0.2, -0.15) is 132 Å². The zero-order valence-electron chi connectivity index (χ0n) is 46.8. The van der Waals surface area contributed by atoms with Crippen LogP contribution in [0.1, 0.15) is 54.9 Å². The number of rotatable bonds is 8. The molecule has 0 amide bonds. The van der Waals surface area contributed by atoms with E-state index in [2.05, 4.69) is 108 Å². The van der Waals surface area contributed by atoms with Crippen molar-refractivity contribution in [2.75, 3.05) is 0 Å². The molecule has 10 aromatic carbocycles. The third-order valence-electron chi connectivity index (χ3n) is 15.8. The number of aromatic nitrogens is 1. The fourth-order valence-electron chi connectivity index (χ4n) is 11.6. The van der Waals surface area contributed by atoms with E-state index in [4.69, 9.17) is 0 Å². The molecule has 0 aliphatic heterocycles. The number of nitrogens with zero attached hydrogens (tertiary/aromatic N) is 1. The van der Waals surface area contributed by atoms with Crippen molar-refractivity contribution in [2.24, 2.45) is 0 Å². The Hall–Kier alpha value is -9.56. The molecule has 11 rings (SSSR count). The molecule has 0 saturated carbocycles. The van der Waals surface area contributed by atoms with Crippen LogP contribution < -0.4 is 26.4 Å². The Labute approximate surface area is 513 Å². The van der Waals surface area contributed by atoms with E-state index in [0.29, 0.717) is 0 Å². The molecule has 0 spiro atoms. The number of benzene rings is 10. The minimum Gasteiger partial charge on any atom is -0.287 e. The first kappa shape index (κ1) is 67.3. The molecule has 0 bridgehead atoms. The van der Waals surface area contributed by atoms with Crippen LogP contribution >= 0.6 is 0 Å². The number of hydrogen-bond acceptors (Lipinski definition) is 1. The Morgan fingerprint density at radius 2 is 0.585 bits per heavy atom. The number of hydrogen-bond donors (Lipinski definition) is 0. The molecular formula is C67H36BF24NO. The third-order valence-corrected chi connectivity index (χ3v) is 15.8. The van der Waals surface area contributed by atoms with Crippen LogP contribution in [0.15, 0.2) is 206 Å². The van der Waals surface area contributed by atoms with E-state index in [0.717, 1.165) is 27.6 Å². The largest absolute Gasteiger partial charge is 0.416 e. The van der Waals surface area contributed by atoms with E-state index in [1.807, 2.05) is 30.3 Å². The van der Waals surface area contributed by atoms with Gasteiger partial charge in [0.1, 0.15) is 6.15 Å². The van der Waals surface area contributed by atoms with Crippen molar-refractivity contribution < 1.29 is 115 Å². The van der Waals surface area contributed by atoms with Gasteiger partial charge in [0.25, 0.3) is 0 Å². The van der Waals surface area contributed by atoms with Crippen molar-refractivity contribution >= 4 is 76.9 Å². The fraction of sp³-hybridized carbons (Fsp3) is 0.134. The molecule has 0 N–H and O–H groups in total. The number of ketones is 1. The quantitative estimate of drug-likeness (QED) is 0.0488. The van der Waals surface area contributed by atoms with Gasteiger partial charge in [0, 0.05) is 11.6 Å². The van der Waals surface area contributed by atoms with Gasteiger partial charge in [-0.25, -0.2) is 0 Å². The van der Waals surface area contributed by atoms with E-state index in [1.54, 1.807) is 0 Å². The molecular weight excluding hydrogens is 1300 g/mol. The first-order valence-corrected chi connectivity index (χ1v) is 27.2.